The van der Waals surface area contributed by atoms with Crippen molar-refractivity contribution in [2.75, 3.05) is 0 Å². The van der Waals surface area contributed by atoms with E-state index in [1.165, 1.54) is 0 Å². The van der Waals surface area contributed by atoms with E-state index in [1.54, 1.807) is 6.33 Å². The van der Waals surface area contributed by atoms with Gasteiger partial charge in [-0.25, -0.2) is 4.98 Å². The summed E-state index contributed by atoms with van der Waals surface area (Å²) < 4.78 is 0. The van der Waals surface area contributed by atoms with Gasteiger partial charge in [-0.3, -0.25) is 4.98 Å². The molecule has 3 nitrogen and oxygen atoms in total. The molecule has 0 atom stereocenters. The number of hydrogen-bond donors (Lipinski definition) is 1. The van der Waals surface area contributed by atoms with Crippen LogP contribution < -0.4 is 4.98 Å². The maximum Gasteiger partial charge on any atom is 0.235 e. The number of hydrogen-bond acceptors (Lipinski definition) is 1. The number of rotatable bonds is 0. The van der Waals surface area contributed by atoms with Crippen LogP contribution in [-0.4, -0.2) is 9.97 Å². The van der Waals surface area contributed by atoms with E-state index in [-0.39, 0.29) is 0 Å². The summed E-state index contributed by atoms with van der Waals surface area (Å²) in [5.74, 6) is 0. The Bertz CT molecular complexity index is 393. The van der Waals surface area contributed by atoms with Gasteiger partial charge in [0.15, 0.2) is 0 Å². The van der Waals surface area contributed by atoms with Crippen molar-refractivity contribution in [3.8, 4) is 0 Å². The molecule has 11 heavy (non-hydrogen) atoms. The highest BCUT2D eigenvalue weighted by Crippen LogP contribution is 2.19. The second-order valence-electron chi connectivity index (χ2n) is 2.42. The first-order chi connectivity index (χ1) is 5.29. The molecule has 4 heteroatoms. The van der Waals surface area contributed by atoms with Crippen LogP contribution in [0.25, 0.3) is 11.0 Å². The highest BCUT2D eigenvalue weighted by atomic mass is 35.5. The summed E-state index contributed by atoms with van der Waals surface area (Å²) in [5.41, 5.74) is 2.02. The summed E-state index contributed by atoms with van der Waals surface area (Å²) in [6.07, 6.45) is 3.47. The maximum atomic E-state index is 5.85. The minimum atomic E-state index is 0.539. The summed E-state index contributed by atoms with van der Waals surface area (Å²) in [6, 6.07) is 0. The largest absolute Gasteiger partial charge is 0.279 e. The number of aryl methyl sites for hydroxylation is 1. The molecule has 0 saturated heterocycles. The van der Waals surface area contributed by atoms with E-state index in [1.807, 2.05) is 13.1 Å². The van der Waals surface area contributed by atoms with E-state index < -0.39 is 0 Å². The average molecular weight is 169 g/mol. The molecule has 0 aliphatic carbocycles. The molecule has 0 bridgehead atoms. The minimum Gasteiger partial charge on any atom is -0.279 e. The zero-order valence-electron chi connectivity index (χ0n) is 5.98. The average Bonchev–Trinajstić information content (AvgIpc) is 2.34. The molecule has 0 aliphatic heterocycles. The fourth-order valence-electron chi connectivity index (χ4n) is 1.12. The first-order valence-corrected chi connectivity index (χ1v) is 3.66. The normalized spacial score (nSPS) is 10.7. The fraction of sp³-hybridized carbons (Fsp3) is 0.143. The van der Waals surface area contributed by atoms with E-state index in [2.05, 4.69) is 15.0 Å². The van der Waals surface area contributed by atoms with Crippen molar-refractivity contribution in [3.63, 3.8) is 0 Å². The van der Waals surface area contributed by atoms with Gasteiger partial charge < -0.3 is 0 Å². The SMILES string of the molecule is Cc1c[nH]c2[nH+]cnc(Cl)c12. The Morgan fingerprint density at radius 1 is 1.64 bits per heavy atom. The fourth-order valence-corrected chi connectivity index (χ4v) is 1.41. The molecule has 0 spiro atoms. The van der Waals surface area contributed by atoms with Crippen LogP contribution in [0.15, 0.2) is 12.5 Å². The predicted molar refractivity (Wildman–Crippen MR) is 42.4 cm³/mol. The number of nitrogens with one attached hydrogen (secondary N) is 2. The molecular formula is C7H7ClN3+. The molecule has 0 amide bonds. The van der Waals surface area contributed by atoms with Gasteiger partial charge in [0.25, 0.3) is 0 Å². The molecule has 0 saturated carbocycles. The monoisotopic (exact) mass is 168 g/mol. The molecule has 2 rings (SSSR count). The molecule has 2 aromatic rings. The predicted octanol–water partition coefficient (Wildman–Crippen LogP) is 1.34. The molecule has 0 fully saturated rings. The lowest BCUT2D eigenvalue weighted by Gasteiger charge is -1.85. The molecule has 2 N–H and O–H groups in total. The Morgan fingerprint density at radius 3 is 3.18 bits per heavy atom. The number of nitrogens with zero attached hydrogens (tertiary/aromatic N) is 1. The van der Waals surface area contributed by atoms with Gasteiger partial charge >= 0.3 is 0 Å². The molecule has 2 heterocycles. The van der Waals surface area contributed by atoms with Crippen LogP contribution in [0, 0.1) is 6.92 Å². The van der Waals surface area contributed by atoms with E-state index in [9.17, 15) is 0 Å². The van der Waals surface area contributed by atoms with Crippen LogP contribution in [0.2, 0.25) is 5.15 Å². The van der Waals surface area contributed by atoms with Gasteiger partial charge in [0.2, 0.25) is 17.1 Å². The Morgan fingerprint density at radius 2 is 2.45 bits per heavy atom. The number of fused-ring (bicyclic) bond motifs is 1. The lowest BCUT2D eigenvalue weighted by molar-refractivity contribution is -0.352. The van der Waals surface area contributed by atoms with Crippen molar-refractivity contribution in [1.29, 1.82) is 0 Å². The maximum absolute atomic E-state index is 5.85. The number of H-pyrrole nitrogens is 2. The second-order valence-corrected chi connectivity index (χ2v) is 2.77. The van der Waals surface area contributed by atoms with Gasteiger partial charge in [0, 0.05) is 0 Å². The molecule has 0 unspecified atom stereocenters. The van der Waals surface area contributed by atoms with Gasteiger partial charge in [0.05, 0.1) is 6.20 Å². The molecule has 0 radical (unpaired) electrons. The minimum absolute atomic E-state index is 0.539. The number of halogens is 1. The molecule has 56 valence electrons. The summed E-state index contributed by atoms with van der Waals surface area (Å²) >= 11 is 5.85. The zero-order chi connectivity index (χ0) is 7.84. The topological polar surface area (TPSA) is 42.8 Å². The molecular weight excluding hydrogens is 162 g/mol. The van der Waals surface area contributed by atoms with Gasteiger partial charge in [-0.2, -0.15) is 0 Å². The highest BCUT2D eigenvalue weighted by molar-refractivity contribution is 6.34. The lowest BCUT2D eigenvalue weighted by atomic mass is 10.3. The van der Waals surface area contributed by atoms with Gasteiger partial charge in [-0.15, -0.1) is 0 Å². The van der Waals surface area contributed by atoms with E-state index in [0.29, 0.717) is 5.15 Å². The third kappa shape index (κ3) is 0.886. The number of aromatic amines is 2. The quantitative estimate of drug-likeness (QED) is 0.593. The van der Waals surface area contributed by atoms with Crippen molar-refractivity contribution >= 4 is 22.6 Å². The summed E-state index contributed by atoms with van der Waals surface area (Å²) in [5, 5.41) is 1.51. The molecule has 0 aliphatic rings. The van der Waals surface area contributed by atoms with Crippen molar-refractivity contribution in [2.45, 2.75) is 6.92 Å². The second kappa shape index (κ2) is 2.20. The van der Waals surface area contributed by atoms with Crippen molar-refractivity contribution in [1.82, 2.24) is 9.97 Å². The Hall–Kier alpha value is -1.09. The highest BCUT2D eigenvalue weighted by Gasteiger charge is 2.10. The smallest absolute Gasteiger partial charge is 0.235 e. The standard InChI is InChI=1S/C7H6ClN3/c1-4-2-9-7-5(4)6(8)10-3-11-7/h2-3H,1H3,(H,9,10,11)/p+1. The van der Waals surface area contributed by atoms with Gasteiger partial charge in [0.1, 0.15) is 5.39 Å². The Kier molecular flexibility index (Phi) is 1.32. The molecule has 0 aromatic carbocycles. The Balaban J connectivity index is 2.96. The van der Waals surface area contributed by atoms with Crippen molar-refractivity contribution in [2.24, 2.45) is 0 Å². The number of aromatic nitrogens is 3. The summed E-state index contributed by atoms with van der Waals surface area (Å²) in [7, 11) is 0. The van der Waals surface area contributed by atoms with Crippen LogP contribution in [0.1, 0.15) is 5.56 Å². The first kappa shape index (κ1) is 6.61. The third-order valence-electron chi connectivity index (χ3n) is 1.67. The van der Waals surface area contributed by atoms with Crippen molar-refractivity contribution in [3.05, 3.63) is 23.2 Å². The first-order valence-electron chi connectivity index (χ1n) is 3.29. The van der Waals surface area contributed by atoms with Crippen LogP contribution in [0.4, 0.5) is 0 Å². The van der Waals surface area contributed by atoms with E-state index in [0.717, 1.165) is 16.6 Å². The van der Waals surface area contributed by atoms with Crippen molar-refractivity contribution < 1.29 is 4.98 Å². The van der Waals surface area contributed by atoms with Crippen LogP contribution in [0.3, 0.4) is 0 Å². The third-order valence-corrected chi connectivity index (χ3v) is 1.96. The van der Waals surface area contributed by atoms with Gasteiger partial charge in [-0.1, -0.05) is 4.98 Å². The molecule has 2 aromatic heterocycles. The van der Waals surface area contributed by atoms with Crippen LogP contribution >= 0.6 is 11.6 Å². The zero-order valence-corrected chi connectivity index (χ0v) is 6.74. The lowest BCUT2D eigenvalue weighted by Crippen LogP contribution is -2.03. The summed E-state index contributed by atoms with van der Waals surface area (Å²) in [4.78, 5) is 9.94. The van der Waals surface area contributed by atoms with E-state index >= 15 is 0 Å². The van der Waals surface area contributed by atoms with E-state index in [4.69, 9.17) is 11.6 Å². The Labute approximate surface area is 68.4 Å². The summed E-state index contributed by atoms with van der Waals surface area (Å²) in [6.45, 7) is 1.99. The van der Waals surface area contributed by atoms with Crippen LogP contribution in [-0.2, 0) is 0 Å². The van der Waals surface area contributed by atoms with Crippen LogP contribution in [0.5, 0.6) is 0 Å². The van der Waals surface area contributed by atoms with Gasteiger partial charge in [-0.05, 0) is 24.1 Å².